The highest BCUT2D eigenvalue weighted by atomic mass is 32.2. The van der Waals surface area contributed by atoms with Gasteiger partial charge in [0.25, 0.3) is 0 Å². The molecule has 1 aromatic heterocycles. The fourth-order valence-electron chi connectivity index (χ4n) is 2.72. The zero-order valence-electron chi connectivity index (χ0n) is 13.7. The van der Waals surface area contributed by atoms with Gasteiger partial charge in [-0.3, -0.25) is 4.72 Å². The average molecular weight is 400 g/mol. The van der Waals surface area contributed by atoms with Crippen LogP contribution in [-0.2, 0) is 20.0 Å². The van der Waals surface area contributed by atoms with E-state index in [2.05, 4.69) is 4.72 Å². The number of anilines is 1. The highest BCUT2D eigenvalue weighted by molar-refractivity contribution is 7.92. The minimum Gasteiger partial charge on any atom is -0.283 e. The van der Waals surface area contributed by atoms with Crippen molar-refractivity contribution in [2.45, 2.75) is 0 Å². The molecule has 0 saturated carbocycles. The summed E-state index contributed by atoms with van der Waals surface area (Å²) in [6.07, 6.45) is 1.86. The van der Waals surface area contributed by atoms with E-state index in [0.717, 1.165) is 40.7 Å². The van der Waals surface area contributed by atoms with Crippen LogP contribution in [0.4, 0.5) is 14.5 Å². The third-order valence-corrected chi connectivity index (χ3v) is 5.25. The summed E-state index contributed by atoms with van der Waals surface area (Å²) >= 11 is 0. The molecule has 0 spiro atoms. The minimum atomic E-state index is -3.86. The second-order valence-electron chi connectivity index (χ2n) is 5.82. The van der Waals surface area contributed by atoms with Gasteiger partial charge in [0.1, 0.15) is 11.6 Å². The summed E-state index contributed by atoms with van der Waals surface area (Å²) in [6.45, 7) is 0. The summed E-state index contributed by atoms with van der Waals surface area (Å²) in [5, 5.41) is 0.278. The van der Waals surface area contributed by atoms with Crippen LogP contribution in [0.1, 0.15) is 0 Å². The quantitative estimate of drug-likeness (QED) is 0.730. The van der Waals surface area contributed by atoms with Crippen LogP contribution in [0.2, 0.25) is 0 Å². The van der Waals surface area contributed by atoms with Crippen LogP contribution in [0.3, 0.4) is 0 Å². The Kier molecular flexibility index (Phi) is 4.27. The maximum absolute atomic E-state index is 13.8. The summed E-state index contributed by atoms with van der Waals surface area (Å²) in [4.78, 5) is 0. The monoisotopic (exact) mass is 400 g/mol. The Bertz CT molecular complexity index is 1230. The molecule has 3 rings (SSSR count). The highest BCUT2D eigenvalue weighted by Crippen LogP contribution is 2.35. The third kappa shape index (κ3) is 3.56. The highest BCUT2D eigenvalue weighted by Gasteiger charge is 2.21. The summed E-state index contributed by atoms with van der Waals surface area (Å²) < 4.78 is 78.3. The van der Waals surface area contributed by atoms with Gasteiger partial charge in [-0.05, 0) is 42.5 Å². The average Bonchev–Trinajstić information content (AvgIpc) is 2.86. The number of fused-ring (bicyclic) bond motifs is 1. The minimum absolute atomic E-state index is 0.00192. The summed E-state index contributed by atoms with van der Waals surface area (Å²) in [5.74, 6) is -1.25. The normalized spacial score (nSPS) is 12.5. The van der Waals surface area contributed by atoms with E-state index in [1.54, 1.807) is 0 Å². The standard InChI is InChI=1S/C16H14F2N2O4S2/c1-25(21,22)19-14-5-3-12(18)9-13(14)16-8-10-7-11(17)4-6-15(10)20(16)26(2,23)24/h3-9,19H,1-2H3. The number of hydrogen-bond donors (Lipinski definition) is 1. The number of rotatable bonds is 4. The third-order valence-electron chi connectivity index (χ3n) is 3.60. The predicted molar refractivity (Wildman–Crippen MR) is 96.0 cm³/mol. The molecule has 0 unspecified atom stereocenters. The van der Waals surface area contributed by atoms with E-state index in [4.69, 9.17) is 0 Å². The Morgan fingerprint density at radius 1 is 0.885 bits per heavy atom. The van der Waals surface area contributed by atoms with Crippen molar-refractivity contribution < 1.29 is 25.6 Å². The molecule has 138 valence electrons. The van der Waals surface area contributed by atoms with E-state index in [0.29, 0.717) is 0 Å². The van der Waals surface area contributed by atoms with E-state index in [-0.39, 0.29) is 27.8 Å². The van der Waals surface area contributed by atoms with E-state index in [1.165, 1.54) is 18.2 Å². The van der Waals surface area contributed by atoms with Gasteiger partial charge in [0.2, 0.25) is 20.0 Å². The predicted octanol–water partition coefficient (Wildman–Crippen LogP) is 2.77. The van der Waals surface area contributed by atoms with Gasteiger partial charge in [-0.2, -0.15) is 0 Å². The van der Waals surface area contributed by atoms with Crippen LogP contribution in [0, 0.1) is 11.6 Å². The van der Waals surface area contributed by atoms with Crippen molar-refractivity contribution in [3.05, 3.63) is 54.1 Å². The van der Waals surface area contributed by atoms with Crippen molar-refractivity contribution in [3.8, 4) is 11.3 Å². The summed E-state index contributed by atoms with van der Waals surface area (Å²) in [7, 11) is -7.55. The molecule has 2 aromatic carbocycles. The molecule has 3 aromatic rings. The lowest BCUT2D eigenvalue weighted by molar-refractivity contribution is 0.595. The van der Waals surface area contributed by atoms with Crippen LogP contribution in [0.15, 0.2) is 42.5 Å². The lowest BCUT2D eigenvalue weighted by Gasteiger charge is -2.13. The fourth-order valence-corrected chi connectivity index (χ4v) is 4.33. The molecule has 1 N–H and O–H groups in total. The zero-order chi connectivity index (χ0) is 19.3. The first-order chi connectivity index (χ1) is 12.0. The number of sulfonamides is 1. The van der Waals surface area contributed by atoms with E-state index in [9.17, 15) is 25.6 Å². The van der Waals surface area contributed by atoms with Crippen LogP contribution >= 0.6 is 0 Å². The van der Waals surface area contributed by atoms with Gasteiger partial charge in [-0.1, -0.05) is 0 Å². The smallest absolute Gasteiger partial charge is 0.236 e. The Morgan fingerprint density at radius 2 is 1.50 bits per heavy atom. The zero-order valence-corrected chi connectivity index (χ0v) is 15.3. The molecule has 1 heterocycles. The number of aromatic nitrogens is 1. The number of halogens is 2. The topological polar surface area (TPSA) is 85.2 Å². The Labute approximate surface area is 149 Å². The molecule has 6 nitrogen and oxygen atoms in total. The van der Waals surface area contributed by atoms with Crippen molar-refractivity contribution >= 4 is 36.6 Å². The molecule has 26 heavy (non-hydrogen) atoms. The Hall–Kier alpha value is -2.46. The molecule has 10 heteroatoms. The van der Waals surface area contributed by atoms with Crippen LogP contribution in [0.5, 0.6) is 0 Å². The van der Waals surface area contributed by atoms with Gasteiger partial charge >= 0.3 is 0 Å². The van der Waals surface area contributed by atoms with E-state index in [1.807, 2.05) is 0 Å². The van der Waals surface area contributed by atoms with Crippen LogP contribution in [0.25, 0.3) is 22.2 Å². The van der Waals surface area contributed by atoms with Crippen molar-refractivity contribution in [2.75, 3.05) is 17.2 Å². The first-order valence-corrected chi connectivity index (χ1v) is 11.0. The molecular weight excluding hydrogens is 386 g/mol. The van der Waals surface area contributed by atoms with Crippen molar-refractivity contribution in [2.24, 2.45) is 0 Å². The second-order valence-corrected chi connectivity index (χ2v) is 9.40. The van der Waals surface area contributed by atoms with Crippen LogP contribution in [-0.4, -0.2) is 33.3 Å². The van der Waals surface area contributed by atoms with E-state index >= 15 is 0 Å². The first kappa shape index (κ1) is 18.3. The first-order valence-electron chi connectivity index (χ1n) is 7.25. The van der Waals surface area contributed by atoms with Crippen molar-refractivity contribution in [1.29, 1.82) is 0 Å². The Morgan fingerprint density at radius 3 is 2.12 bits per heavy atom. The van der Waals surface area contributed by atoms with E-state index < -0.39 is 31.7 Å². The van der Waals surface area contributed by atoms with Crippen molar-refractivity contribution in [1.82, 2.24) is 3.97 Å². The second kappa shape index (κ2) is 6.06. The van der Waals surface area contributed by atoms with Gasteiger partial charge in [0.05, 0.1) is 29.4 Å². The maximum atomic E-state index is 13.8. The number of nitrogens with one attached hydrogen (secondary N) is 1. The van der Waals surface area contributed by atoms with Gasteiger partial charge in [-0.15, -0.1) is 0 Å². The lowest BCUT2D eigenvalue weighted by atomic mass is 10.1. The van der Waals surface area contributed by atoms with Gasteiger partial charge in [0.15, 0.2) is 0 Å². The molecule has 0 saturated heterocycles. The van der Waals surface area contributed by atoms with Gasteiger partial charge in [0, 0.05) is 10.9 Å². The van der Waals surface area contributed by atoms with Crippen molar-refractivity contribution in [3.63, 3.8) is 0 Å². The van der Waals surface area contributed by atoms with Gasteiger partial charge in [-0.25, -0.2) is 29.6 Å². The molecule has 0 bridgehead atoms. The molecule has 0 radical (unpaired) electrons. The maximum Gasteiger partial charge on any atom is 0.236 e. The molecular formula is C16H14F2N2O4S2. The van der Waals surface area contributed by atoms with Crippen LogP contribution < -0.4 is 4.72 Å². The molecule has 0 aliphatic rings. The lowest BCUT2D eigenvalue weighted by Crippen LogP contribution is -2.14. The van der Waals surface area contributed by atoms with Gasteiger partial charge < -0.3 is 0 Å². The largest absolute Gasteiger partial charge is 0.283 e. The molecule has 0 amide bonds. The summed E-state index contributed by atoms with van der Waals surface area (Å²) in [5.41, 5.74) is 0.219. The number of nitrogens with zero attached hydrogens (tertiary/aromatic N) is 1. The molecule has 0 fully saturated rings. The fraction of sp³-hybridized carbons (Fsp3) is 0.125. The number of benzene rings is 2. The summed E-state index contributed by atoms with van der Waals surface area (Å²) in [6, 6.07) is 8.15. The molecule has 0 aliphatic carbocycles. The Balaban J connectivity index is 2.41. The SMILES string of the molecule is CS(=O)(=O)Nc1ccc(F)cc1-c1cc2cc(F)ccc2n1S(C)(=O)=O. The number of hydrogen-bond acceptors (Lipinski definition) is 4. The molecule has 0 atom stereocenters. The molecule has 0 aliphatic heterocycles.